The van der Waals surface area contributed by atoms with Crippen LogP contribution >= 0.6 is 0 Å². The molecule has 1 aliphatic rings. The van der Waals surface area contributed by atoms with E-state index in [9.17, 15) is 8.42 Å². The lowest BCUT2D eigenvalue weighted by Crippen LogP contribution is -2.38. The predicted octanol–water partition coefficient (Wildman–Crippen LogP) is 0.121. The van der Waals surface area contributed by atoms with E-state index in [1.54, 1.807) is 10.8 Å². The van der Waals surface area contributed by atoms with Crippen LogP contribution in [0.25, 0.3) is 0 Å². The van der Waals surface area contributed by atoms with Gasteiger partial charge in [-0.05, 0) is 26.8 Å². The molecule has 20 heavy (non-hydrogen) atoms. The Hall–Kier alpha value is -0.960. The molecule has 0 aromatic carbocycles. The van der Waals surface area contributed by atoms with Crippen molar-refractivity contribution in [3.05, 3.63) is 12.5 Å². The minimum absolute atomic E-state index is 0.0489. The summed E-state index contributed by atoms with van der Waals surface area (Å²) in [7, 11) is -3.57. The molecule has 1 fully saturated rings. The number of aromatic nitrogens is 2. The highest BCUT2D eigenvalue weighted by Crippen LogP contribution is 2.10. The van der Waals surface area contributed by atoms with E-state index in [2.05, 4.69) is 15.0 Å². The topological polar surface area (TPSA) is 85.2 Å². The van der Waals surface area contributed by atoms with E-state index in [4.69, 9.17) is 4.74 Å². The largest absolute Gasteiger partial charge is 0.375 e. The summed E-state index contributed by atoms with van der Waals surface area (Å²) in [6.07, 6.45) is 3.88. The van der Waals surface area contributed by atoms with E-state index < -0.39 is 10.0 Å². The summed E-state index contributed by atoms with van der Waals surface area (Å²) in [6, 6.07) is 0.181. The fourth-order valence-electron chi connectivity index (χ4n) is 1.92. The molecule has 0 radical (unpaired) electrons. The number of nitrogens with zero attached hydrogens (tertiary/aromatic N) is 2. The summed E-state index contributed by atoms with van der Waals surface area (Å²) < 4.78 is 34.1. The molecule has 1 atom stereocenters. The third-order valence-corrected chi connectivity index (χ3v) is 4.48. The van der Waals surface area contributed by atoms with Gasteiger partial charge >= 0.3 is 0 Å². The molecule has 1 unspecified atom stereocenters. The molecule has 1 aliphatic heterocycles. The first-order valence-corrected chi connectivity index (χ1v) is 8.33. The molecule has 0 bridgehead atoms. The van der Waals surface area contributed by atoms with Crippen molar-refractivity contribution in [1.82, 2.24) is 19.6 Å². The van der Waals surface area contributed by atoms with Crippen molar-refractivity contribution in [2.75, 3.05) is 26.2 Å². The van der Waals surface area contributed by atoms with Gasteiger partial charge in [-0.25, -0.2) is 18.1 Å². The lowest BCUT2D eigenvalue weighted by Gasteiger charge is -2.15. The molecule has 0 spiro atoms. The molecule has 0 amide bonds. The average molecular weight is 302 g/mol. The van der Waals surface area contributed by atoms with E-state index in [0.717, 1.165) is 13.0 Å². The van der Waals surface area contributed by atoms with Gasteiger partial charge in [0.1, 0.15) is 0 Å². The summed E-state index contributed by atoms with van der Waals surface area (Å²) in [6.45, 7) is 6.41. The summed E-state index contributed by atoms with van der Waals surface area (Å²) in [4.78, 5) is 3.95. The average Bonchev–Trinajstić information content (AvgIpc) is 2.76. The van der Waals surface area contributed by atoms with Crippen LogP contribution in [0.2, 0.25) is 0 Å². The maximum absolute atomic E-state index is 12.1. The normalized spacial score (nSPS) is 21.1. The zero-order chi connectivity index (χ0) is 14.6. The Kier molecular flexibility index (Phi) is 5.14. The first-order chi connectivity index (χ1) is 9.49. The van der Waals surface area contributed by atoms with Crippen LogP contribution in [0.1, 0.15) is 26.3 Å². The van der Waals surface area contributed by atoms with Crippen molar-refractivity contribution in [2.24, 2.45) is 0 Å². The number of imidazole rings is 1. The molecule has 0 aliphatic carbocycles. The maximum atomic E-state index is 12.1. The first kappa shape index (κ1) is 15.4. The molecule has 2 N–H and O–H groups in total. The Labute approximate surface area is 119 Å². The lowest BCUT2D eigenvalue weighted by molar-refractivity contribution is 0.0707. The lowest BCUT2D eigenvalue weighted by atomic mass is 10.3. The van der Waals surface area contributed by atoms with Crippen LogP contribution in [0.5, 0.6) is 0 Å². The Bertz CT molecular complexity index is 519. The Morgan fingerprint density at radius 1 is 1.60 bits per heavy atom. The number of hydrogen-bond donors (Lipinski definition) is 2. The van der Waals surface area contributed by atoms with Crippen molar-refractivity contribution in [2.45, 2.75) is 37.4 Å². The SMILES string of the molecule is CC(C)n1cnc(S(=O)(=O)NCC2CNCCCO2)c1. The monoisotopic (exact) mass is 302 g/mol. The van der Waals surface area contributed by atoms with Crippen LogP contribution < -0.4 is 10.0 Å². The molecule has 7 nitrogen and oxygen atoms in total. The zero-order valence-electron chi connectivity index (χ0n) is 11.9. The zero-order valence-corrected chi connectivity index (χ0v) is 12.7. The highest BCUT2D eigenvalue weighted by Gasteiger charge is 2.20. The third kappa shape index (κ3) is 4.02. The van der Waals surface area contributed by atoms with Crippen LogP contribution in [0.3, 0.4) is 0 Å². The second kappa shape index (κ2) is 6.66. The minimum atomic E-state index is -3.57. The number of nitrogens with one attached hydrogen (secondary N) is 2. The van der Waals surface area contributed by atoms with Crippen LogP contribution in [0.4, 0.5) is 0 Å². The molecule has 1 saturated heterocycles. The van der Waals surface area contributed by atoms with Crippen LogP contribution in [-0.2, 0) is 14.8 Å². The Balaban J connectivity index is 1.95. The van der Waals surface area contributed by atoms with E-state index >= 15 is 0 Å². The second-order valence-corrected chi connectivity index (χ2v) is 6.87. The van der Waals surface area contributed by atoms with Crippen LogP contribution in [-0.4, -0.2) is 50.3 Å². The van der Waals surface area contributed by atoms with Gasteiger partial charge in [0, 0.05) is 31.9 Å². The van der Waals surface area contributed by atoms with E-state index in [0.29, 0.717) is 13.2 Å². The van der Waals surface area contributed by atoms with Crippen molar-refractivity contribution >= 4 is 10.0 Å². The summed E-state index contributed by atoms with van der Waals surface area (Å²) in [5, 5.41) is 3.26. The van der Waals surface area contributed by atoms with Crippen LogP contribution in [0.15, 0.2) is 17.6 Å². The molecule has 114 valence electrons. The Morgan fingerprint density at radius 3 is 3.10 bits per heavy atom. The summed E-state index contributed by atoms with van der Waals surface area (Å²) in [5.41, 5.74) is 0. The number of rotatable bonds is 5. The van der Waals surface area contributed by atoms with Gasteiger partial charge in [0.05, 0.1) is 12.4 Å². The highest BCUT2D eigenvalue weighted by molar-refractivity contribution is 7.89. The highest BCUT2D eigenvalue weighted by atomic mass is 32.2. The first-order valence-electron chi connectivity index (χ1n) is 6.84. The summed E-state index contributed by atoms with van der Waals surface area (Å²) >= 11 is 0. The molecular weight excluding hydrogens is 280 g/mol. The molecule has 8 heteroatoms. The third-order valence-electron chi connectivity index (χ3n) is 3.17. The van der Waals surface area contributed by atoms with Gasteiger partial charge in [-0.1, -0.05) is 0 Å². The predicted molar refractivity (Wildman–Crippen MR) is 75.0 cm³/mol. The molecule has 2 rings (SSSR count). The van der Waals surface area contributed by atoms with Gasteiger partial charge < -0.3 is 14.6 Å². The maximum Gasteiger partial charge on any atom is 0.259 e. The van der Waals surface area contributed by atoms with Gasteiger partial charge in [-0.2, -0.15) is 0 Å². The van der Waals surface area contributed by atoms with Gasteiger partial charge in [0.15, 0.2) is 5.03 Å². The number of hydrogen-bond acceptors (Lipinski definition) is 5. The van der Waals surface area contributed by atoms with Crippen LogP contribution in [0, 0.1) is 0 Å². The second-order valence-electron chi connectivity index (χ2n) is 5.16. The molecule has 1 aromatic rings. The molecular formula is C12H22N4O3S. The van der Waals surface area contributed by atoms with Gasteiger partial charge in [0.2, 0.25) is 0 Å². The standard InChI is InChI=1S/C12H22N4O3S/c1-10(2)16-8-12(14-9-16)20(17,18)15-7-11-6-13-4-3-5-19-11/h8-11,13,15H,3-7H2,1-2H3. The smallest absolute Gasteiger partial charge is 0.259 e. The van der Waals surface area contributed by atoms with Crippen molar-refractivity contribution in [3.63, 3.8) is 0 Å². The van der Waals surface area contributed by atoms with Crippen molar-refractivity contribution in [3.8, 4) is 0 Å². The number of ether oxygens (including phenoxy) is 1. The van der Waals surface area contributed by atoms with Gasteiger partial charge in [-0.15, -0.1) is 0 Å². The minimum Gasteiger partial charge on any atom is -0.375 e. The fourth-order valence-corrected chi connectivity index (χ4v) is 2.92. The van der Waals surface area contributed by atoms with Crippen molar-refractivity contribution < 1.29 is 13.2 Å². The van der Waals surface area contributed by atoms with Gasteiger partial charge in [0.25, 0.3) is 10.0 Å². The summed E-state index contributed by atoms with van der Waals surface area (Å²) in [5.74, 6) is 0. The van der Waals surface area contributed by atoms with Gasteiger partial charge in [-0.3, -0.25) is 0 Å². The molecule has 0 saturated carbocycles. The van der Waals surface area contributed by atoms with E-state index in [1.165, 1.54) is 6.33 Å². The number of sulfonamides is 1. The molecule has 2 heterocycles. The quantitative estimate of drug-likeness (QED) is 0.807. The molecule has 1 aromatic heterocycles. The Morgan fingerprint density at radius 2 is 2.40 bits per heavy atom. The van der Waals surface area contributed by atoms with E-state index in [1.807, 2.05) is 13.8 Å². The van der Waals surface area contributed by atoms with E-state index in [-0.39, 0.29) is 23.7 Å². The fraction of sp³-hybridized carbons (Fsp3) is 0.750. The van der Waals surface area contributed by atoms with Crippen molar-refractivity contribution in [1.29, 1.82) is 0 Å².